The molecule has 0 saturated carbocycles. The summed E-state index contributed by atoms with van der Waals surface area (Å²) in [6.07, 6.45) is 1.50. The van der Waals surface area contributed by atoms with E-state index in [1.807, 2.05) is 0 Å². The molecule has 1 amide bonds. The minimum absolute atomic E-state index is 0.129. The van der Waals surface area contributed by atoms with Crippen LogP contribution in [0.4, 0.5) is 11.5 Å². The first-order valence-corrected chi connectivity index (χ1v) is 5.38. The standard InChI is InChI=1S/C11H11N5O3/c12-10-8(6-14-15-10)5-13-11(17)7-2-1-3-9(4-7)16(18)19/h1-4,6H,5H2,(H,13,17)(H3,12,14,15). The number of H-pyrrole nitrogens is 1. The van der Waals surface area contributed by atoms with Gasteiger partial charge in [-0.15, -0.1) is 0 Å². The van der Waals surface area contributed by atoms with E-state index in [-0.39, 0.29) is 17.8 Å². The zero-order valence-electron chi connectivity index (χ0n) is 9.79. The first kappa shape index (κ1) is 12.6. The molecule has 2 aromatic rings. The fourth-order valence-corrected chi connectivity index (χ4v) is 1.50. The van der Waals surface area contributed by atoms with Crippen molar-refractivity contribution in [3.8, 4) is 0 Å². The van der Waals surface area contributed by atoms with Crippen molar-refractivity contribution in [2.45, 2.75) is 6.54 Å². The molecule has 0 aliphatic carbocycles. The molecule has 0 atom stereocenters. The van der Waals surface area contributed by atoms with E-state index < -0.39 is 10.8 Å². The normalized spacial score (nSPS) is 10.1. The zero-order valence-corrected chi connectivity index (χ0v) is 9.79. The number of nitrogen functional groups attached to an aromatic ring is 1. The Balaban J connectivity index is 2.06. The molecule has 1 aromatic carbocycles. The molecule has 2 rings (SSSR count). The maximum atomic E-state index is 11.8. The summed E-state index contributed by atoms with van der Waals surface area (Å²) in [5.41, 5.74) is 6.31. The molecule has 0 aliphatic rings. The average molecular weight is 261 g/mol. The number of aromatic nitrogens is 2. The van der Waals surface area contributed by atoms with E-state index in [1.54, 1.807) is 0 Å². The van der Waals surface area contributed by atoms with Crippen molar-refractivity contribution in [3.63, 3.8) is 0 Å². The molecule has 1 aromatic heterocycles. The number of amides is 1. The molecule has 19 heavy (non-hydrogen) atoms. The molecule has 1 heterocycles. The molecule has 0 radical (unpaired) electrons. The minimum atomic E-state index is -0.551. The maximum Gasteiger partial charge on any atom is 0.270 e. The number of carbonyl (C=O) groups excluding carboxylic acids is 1. The van der Waals surface area contributed by atoms with Crippen molar-refractivity contribution >= 4 is 17.4 Å². The van der Waals surface area contributed by atoms with Gasteiger partial charge in [-0.05, 0) is 6.07 Å². The molecule has 0 bridgehead atoms. The molecular weight excluding hydrogens is 250 g/mol. The number of non-ortho nitro benzene ring substituents is 1. The topological polar surface area (TPSA) is 127 Å². The van der Waals surface area contributed by atoms with Crippen molar-refractivity contribution in [3.05, 3.63) is 51.7 Å². The van der Waals surface area contributed by atoms with Gasteiger partial charge >= 0.3 is 0 Å². The number of aromatic amines is 1. The molecular formula is C11H11N5O3. The third-order valence-electron chi connectivity index (χ3n) is 2.51. The highest BCUT2D eigenvalue weighted by molar-refractivity contribution is 5.94. The van der Waals surface area contributed by atoms with Crippen molar-refractivity contribution in [2.24, 2.45) is 0 Å². The second-order valence-electron chi connectivity index (χ2n) is 3.80. The van der Waals surface area contributed by atoms with Crippen LogP contribution in [0.25, 0.3) is 0 Å². The minimum Gasteiger partial charge on any atom is -0.384 e. The summed E-state index contributed by atoms with van der Waals surface area (Å²) in [7, 11) is 0. The van der Waals surface area contributed by atoms with E-state index in [2.05, 4.69) is 15.5 Å². The molecule has 0 spiro atoms. The lowest BCUT2D eigenvalue weighted by Gasteiger charge is -2.04. The van der Waals surface area contributed by atoms with Gasteiger partial charge in [-0.3, -0.25) is 20.0 Å². The van der Waals surface area contributed by atoms with Crippen LogP contribution in [0.1, 0.15) is 15.9 Å². The van der Waals surface area contributed by atoms with Crippen molar-refractivity contribution < 1.29 is 9.72 Å². The third-order valence-corrected chi connectivity index (χ3v) is 2.51. The quantitative estimate of drug-likeness (QED) is 0.554. The summed E-state index contributed by atoms with van der Waals surface area (Å²) >= 11 is 0. The largest absolute Gasteiger partial charge is 0.384 e. The van der Waals surface area contributed by atoms with Gasteiger partial charge in [0.15, 0.2) is 0 Å². The Labute approximate surface area is 107 Å². The molecule has 0 unspecified atom stereocenters. The van der Waals surface area contributed by atoms with Gasteiger partial charge in [0.2, 0.25) is 0 Å². The highest BCUT2D eigenvalue weighted by Crippen LogP contribution is 2.13. The predicted molar refractivity (Wildman–Crippen MR) is 67.3 cm³/mol. The summed E-state index contributed by atoms with van der Waals surface area (Å²) in [4.78, 5) is 21.9. The van der Waals surface area contributed by atoms with Gasteiger partial charge < -0.3 is 11.1 Å². The van der Waals surface area contributed by atoms with E-state index in [9.17, 15) is 14.9 Å². The summed E-state index contributed by atoms with van der Waals surface area (Å²) in [6.45, 7) is 0.198. The van der Waals surface area contributed by atoms with Crippen molar-refractivity contribution in [1.29, 1.82) is 0 Å². The van der Waals surface area contributed by atoms with E-state index in [1.165, 1.54) is 30.5 Å². The number of nitro groups is 1. The summed E-state index contributed by atoms with van der Waals surface area (Å²) < 4.78 is 0. The van der Waals surface area contributed by atoms with Crippen LogP contribution in [0.5, 0.6) is 0 Å². The number of rotatable bonds is 4. The Kier molecular flexibility index (Phi) is 3.42. The van der Waals surface area contributed by atoms with Crippen LogP contribution in [0, 0.1) is 10.1 Å². The lowest BCUT2D eigenvalue weighted by atomic mass is 10.2. The van der Waals surface area contributed by atoms with Crippen LogP contribution < -0.4 is 11.1 Å². The van der Waals surface area contributed by atoms with E-state index >= 15 is 0 Å². The average Bonchev–Trinajstić information content (AvgIpc) is 2.81. The zero-order chi connectivity index (χ0) is 13.8. The van der Waals surface area contributed by atoms with Crippen LogP contribution in [0.3, 0.4) is 0 Å². The molecule has 4 N–H and O–H groups in total. The van der Waals surface area contributed by atoms with Gasteiger partial charge in [0, 0.05) is 29.8 Å². The number of benzene rings is 1. The third kappa shape index (κ3) is 2.86. The van der Waals surface area contributed by atoms with Crippen LogP contribution in [-0.4, -0.2) is 21.0 Å². The Morgan fingerprint density at radius 1 is 1.53 bits per heavy atom. The number of carbonyl (C=O) groups is 1. The summed E-state index contributed by atoms with van der Waals surface area (Å²) in [5.74, 6) is -0.0383. The Morgan fingerprint density at radius 2 is 2.32 bits per heavy atom. The van der Waals surface area contributed by atoms with Crippen LogP contribution >= 0.6 is 0 Å². The number of nitro benzene ring substituents is 1. The monoisotopic (exact) mass is 261 g/mol. The van der Waals surface area contributed by atoms with Gasteiger partial charge in [-0.1, -0.05) is 6.07 Å². The Hall–Kier alpha value is -2.90. The second-order valence-corrected chi connectivity index (χ2v) is 3.80. The number of anilines is 1. The highest BCUT2D eigenvalue weighted by atomic mass is 16.6. The van der Waals surface area contributed by atoms with Gasteiger partial charge in [0.1, 0.15) is 5.82 Å². The number of nitrogens with one attached hydrogen (secondary N) is 2. The molecule has 98 valence electrons. The molecule has 0 fully saturated rings. The van der Waals surface area contributed by atoms with Gasteiger partial charge in [-0.2, -0.15) is 5.10 Å². The second kappa shape index (κ2) is 5.17. The first-order valence-electron chi connectivity index (χ1n) is 5.38. The number of nitrogens with zero attached hydrogens (tertiary/aromatic N) is 2. The van der Waals surface area contributed by atoms with Gasteiger partial charge in [-0.25, -0.2) is 0 Å². The highest BCUT2D eigenvalue weighted by Gasteiger charge is 2.11. The lowest BCUT2D eigenvalue weighted by molar-refractivity contribution is -0.384. The predicted octanol–water partition coefficient (Wildman–Crippen LogP) is 0.830. The Bertz CT molecular complexity index is 622. The van der Waals surface area contributed by atoms with Crippen molar-refractivity contribution in [2.75, 3.05) is 5.73 Å². The van der Waals surface area contributed by atoms with E-state index in [0.717, 1.165) is 0 Å². The SMILES string of the molecule is Nc1[nH]ncc1CNC(=O)c1cccc([N+](=O)[O-])c1. The van der Waals surface area contributed by atoms with Gasteiger partial charge in [0.25, 0.3) is 11.6 Å². The van der Waals surface area contributed by atoms with Gasteiger partial charge in [0.05, 0.1) is 11.1 Å². The number of nitrogens with two attached hydrogens (primary N) is 1. The van der Waals surface area contributed by atoms with E-state index in [0.29, 0.717) is 11.4 Å². The molecule has 8 heteroatoms. The van der Waals surface area contributed by atoms with E-state index in [4.69, 9.17) is 5.73 Å². The fourth-order valence-electron chi connectivity index (χ4n) is 1.50. The summed E-state index contributed by atoms with van der Waals surface area (Å²) in [6, 6.07) is 5.50. The molecule has 8 nitrogen and oxygen atoms in total. The lowest BCUT2D eigenvalue weighted by Crippen LogP contribution is -2.23. The maximum absolute atomic E-state index is 11.8. The van der Waals surface area contributed by atoms with Crippen molar-refractivity contribution in [1.82, 2.24) is 15.5 Å². The van der Waals surface area contributed by atoms with Crippen LogP contribution in [0.2, 0.25) is 0 Å². The molecule has 0 saturated heterocycles. The van der Waals surface area contributed by atoms with Crippen LogP contribution in [0.15, 0.2) is 30.5 Å². The number of hydrogen-bond acceptors (Lipinski definition) is 5. The van der Waals surface area contributed by atoms with Crippen LogP contribution in [-0.2, 0) is 6.54 Å². The smallest absolute Gasteiger partial charge is 0.270 e. The first-order chi connectivity index (χ1) is 9.08. The molecule has 0 aliphatic heterocycles. The summed E-state index contributed by atoms with van der Waals surface area (Å²) in [5, 5.41) is 19.5. The Morgan fingerprint density at radius 3 is 2.95 bits per heavy atom. The number of hydrogen-bond donors (Lipinski definition) is 3. The fraction of sp³-hybridized carbons (Fsp3) is 0.0909.